The second-order valence-electron chi connectivity index (χ2n) is 5.94. The Labute approximate surface area is 143 Å². The number of hydrogen-bond donors (Lipinski definition) is 1. The maximum absolute atomic E-state index is 12.5. The molecule has 128 valence electrons. The summed E-state index contributed by atoms with van der Waals surface area (Å²) in [4.78, 5) is 12.5. The fourth-order valence-corrected chi connectivity index (χ4v) is 3.81. The summed E-state index contributed by atoms with van der Waals surface area (Å²) in [6.07, 6.45) is 1.11. The van der Waals surface area contributed by atoms with Gasteiger partial charge in [0.25, 0.3) is 0 Å². The van der Waals surface area contributed by atoms with E-state index in [2.05, 4.69) is 5.32 Å². The number of rotatable bonds is 5. The number of amides is 1. The number of para-hydroxylation sites is 1. The molecule has 0 aliphatic heterocycles. The van der Waals surface area contributed by atoms with Gasteiger partial charge in [-0.2, -0.15) is 0 Å². The Morgan fingerprint density at radius 2 is 1.58 bits per heavy atom. The Balaban J connectivity index is 2.36. The molecule has 0 spiro atoms. The van der Waals surface area contributed by atoms with Crippen molar-refractivity contribution in [2.45, 2.75) is 26.8 Å². The fraction of sp³-hybridized carbons (Fsp3) is 0.278. The van der Waals surface area contributed by atoms with Crippen LogP contribution in [0, 0.1) is 13.8 Å². The largest absolute Gasteiger partial charge is 0.324 e. The summed E-state index contributed by atoms with van der Waals surface area (Å²) in [6.45, 7) is 5.37. The molecule has 0 saturated heterocycles. The van der Waals surface area contributed by atoms with Crippen LogP contribution < -0.4 is 9.62 Å². The number of nitrogens with zero attached hydrogens (tertiary/aromatic N) is 1. The molecule has 0 bridgehead atoms. The van der Waals surface area contributed by atoms with Crippen molar-refractivity contribution in [2.24, 2.45) is 0 Å². The minimum atomic E-state index is -3.62. The van der Waals surface area contributed by atoms with Crippen molar-refractivity contribution in [3.05, 3.63) is 59.7 Å². The number of aryl methyl sites for hydroxylation is 2. The normalized spacial score (nSPS) is 12.5. The highest BCUT2D eigenvalue weighted by atomic mass is 32.2. The molecule has 0 heterocycles. The highest BCUT2D eigenvalue weighted by molar-refractivity contribution is 7.92. The molecule has 0 unspecified atom stereocenters. The predicted octanol–water partition coefficient (Wildman–Crippen LogP) is 3.10. The van der Waals surface area contributed by atoms with Gasteiger partial charge in [0.2, 0.25) is 15.9 Å². The SMILES string of the molecule is Cc1cc(C)cc(N([C@H](C)C(=O)Nc2ccccc2)S(C)(=O)=O)c1. The van der Waals surface area contributed by atoms with Crippen LogP contribution in [0.3, 0.4) is 0 Å². The van der Waals surface area contributed by atoms with E-state index in [1.807, 2.05) is 26.0 Å². The van der Waals surface area contributed by atoms with Crippen LogP contribution in [0.15, 0.2) is 48.5 Å². The van der Waals surface area contributed by atoms with E-state index in [9.17, 15) is 13.2 Å². The van der Waals surface area contributed by atoms with Crippen molar-refractivity contribution in [2.75, 3.05) is 15.9 Å². The molecule has 0 fully saturated rings. The molecule has 0 aromatic heterocycles. The van der Waals surface area contributed by atoms with Crippen molar-refractivity contribution in [3.63, 3.8) is 0 Å². The molecular weight excluding hydrogens is 324 g/mol. The minimum absolute atomic E-state index is 0.384. The average Bonchev–Trinajstić information content (AvgIpc) is 2.45. The van der Waals surface area contributed by atoms with Crippen LogP contribution in [0.1, 0.15) is 18.1 Å². The van der Waals surface area contributed by atoms with E-state index in [1.54, 1.807) is 43.3 Å². The molecular formula is C18H22N2O3S. The lowest BCUT2D eigenvalue weighted by Gasteiger charge is -2.28. The van der Waals surface area contributed by atoms with Crippen LogP contribution in [0.5, 0.6) is 0 Å². The fourth-order valence-electron chi connectivity index (χ4n) is 2.65. The van der Waals surface area contributed by atoms with Gasteiger partial charge in [0.1, 0.15) is 6.04 Å². The van der Waals surface area contributed by atoms with Gasteiger partial charge in [-0.1, -0.05) is 24.3 Å². The van der Waals surface area contributed by atoms with Crippen LogP contribution in [-0.4, -0.2) is 26.6 Å². The smallest absolute Gasteiger partial charge is 0.247 e. The Morgan fingerprint density at radius 1 is 1.04 bits per heavy atom. The van der Waals surface area contributed by atoms with Gasteiger partial charge in [-0.15, -0.1) is 0 Å². The number of anilines is 2. The zero-order chi connectivity index (χ0) is 17.9. The van der Waals surface area contributed by atoms with Crippen molar-refractivity contribution >= 4 is 27.3 Å². The van der Waals surface area contributed by atoms with Gasteiger partial charge in [0.05, 0.1) is 11.9 Å². The van der Waals surface area contributed by atoms with Gasteiger partial charge in [-0.05, 0) is 56.2 Å². The molecule has 0 radical (unpaired) electrons. The number of benzene rings is 2. The first kappa shape index (κ1) is 18.0. The summed E-state index contributed by atoms with van der Waals surface area (Å²) < 4.78 is 25.8. The topological polar surface area (TPSA) is 66.5 Å². The predicted molar refractivity (Wildman–Crippen MR) is 97.8 cm³/mol. The molecule has 2 aromatic rings. The second-order valence-corrected chi connectivity index (χ2v) is 7.80. The Bertz CT molecular complexity index is 812. The van der Waals surface area contributed by atoms with Crippen molar-refractivity contribution < 1.29 is 13.2 Å². The maximum Gasteiger partial charge on any atom is 0.247 e. The van der Waals surface area contributed by atoms with E-state index in [0.717, 1.165) is 21.7 Å². The summed E-state index contributed by atoms with van der Waals surface area (Å²) in [5.74, 6) is -0.384. The molecule has 1 amide bonds. The van der Waals surface area contributed by atoms with Gasteiger partial charge in [-0.3, -0.25) is 9.10 Å². The minimum Gasteiger partial charge on any atom is -0.324 e. The average molecular weight is 346 g/mol. The third-order valence-electron chi connectivity index (χ3n) is 3.59. The molecule has 0 aliphatic carbocycles. The van der Waals surface area contributed by atoms with E-state index < -0.39 is 16.1 Å². The molecule has 2 rings (SSSR count). The van der Waals surface area contributed by atoms with E-state index >= 15 is 0 Å². The number of carbonyl (C=O) groups is 1. The summed E-state index contributed by atoms with van der Waals surface area (Å²) in [5.41, 5.74) is 3.00. The van der Waals surface area contributed by atoms with Crippen LogP contribution >= 0.6 is 0 Å². The zero-order valence-electron chi connectivity index (χ0n) is 14.3. The number of nitrogens with one attached hydrogen (secondary N) is 1. The molecule has 5 nitrogen and oxygen atoms in total. The van der Waals surface area contributed by atoms with Gasteiger partial charge < -0.3 is 5.32 Å². The summed E-state index contributed by atoms with van der Waals surface area (Å²) in [7, 11) is -3.62. The first-order valence-corrected chi connectivity index (χ1v) is 9.47. The quantitative estimate of drug-likeness (QED) is 0.905. The van der Waals surface area contributed by atoms with Gasteiger partial charge in [-0.25, -0.2) is 8.42 Å². The van der Waals surface area contributed by atoms with E-state index in [4.69, 9.17) is 0 Å². The lowest BCUT2D eigenvalue weighted by Crippen LogP contribution is -2.45. The molecule has 6 heteroatoms. The maximum atomic E-state index is 12.5. The van der Waals surface area contributed by atoms with Crippen molar-refractivity contribution in [1.29, 1.82) is 0 Å². The highest BCUT2D eigenvalue weighted by Crippen LogP contribution is 2.24. The highest BCUT2D eigenvalue weighted by Gasteiger charge is 2.29. The molecule has 2 aromatic carbocycles. The van der Waals surface area contributed by atoms with E-state index in [-0.39, 0.29) is 5.91 Å². The third kappa shape index (κ3) is 4.35. The first-order chi connectivity index (χ1) is 11.2. The molecule has 24 heavy (non-hydrogen) atoms. The molecule has 0 saturated carbocycles. The summed E-state index contributed by atoms with van der Waals surface area (Å²) in [5, 5.41) is 2.75. The number of carbonyl (C=O) groups excluding carboxylic acids is 1. The zero-order valence-corrected chi connectivity index (χ0v) is 15.1. The van der Waals surface area contributed by atoms with Crippen molar-refractivity contribution in [3.8, 4) is 0 Å². The second kappa shape index (κ2) is 7.05. The Hall–Kier alpha value is -2.34. The summed E-state index contributed by atoms with van der Waals surface area (Å²) in [6, 6.07) is 13.6. The van der Waals surface area contributed by atoms with Crippen LogP contribution in [-0.2, 0) is 14.8 Å². The standard InChI is InChI=1S/C18H22N2O3S/c1-13-10-14(2)12-17(11-13)20(24(4,22)23)15(3)18(21)19-16-8-6-5-7-9-16/h5-12,15H,1-4H3,(H,19,21)/t15-/m1/s1. The first-order valence-electron chi connectivity index (χ1n) is 7.62. The van der Waals surface area contributed by atoms with Crippen LogP contribution in [0.4, 0.5) is 11.4 Å². The van der Waals surface area contributed by atoms with Crippen LogP contribution in [0.2, 0.25) is 0 Å². The number of hydrogen-bond acceptors (Lipinski definition) is 3. The molecule has 0 aliphatic rings. The van der Waals surface area contributed by atoms with Crippen molar-refractivity contribution in [1.82, 2.24) is 0 Å². The Kier molecular flexibility index (Phi) is 5.29. The van der Waals surface area contributed by atoms with Gasteiger partial charge in [0, 0.05) is 5.69 Å². The Morgan fingerprint density at radius 3 is 2.08 bits per heavy atom. The van der Waals surface area contributed by atoms with Gasteiger partial charge in [0.15, 0.2) is 0 Å². The number of sulfonamides is 1. The monoisotopic (exact) mass is 346 g/mol. The van der Waals surface area contributed by atoms with Gasteiger partial charge >= 0.3 is 0 Å². The third-order valence-corrected chi connectivity index (χ3v) is 4.83. The molecule has 1 atom stereocenters. The van der Waals surface area contributed by atoms with E-state index in [0.29, 0.717) is 11.4 Å². The summed E-state index contributed by atoms with van der Waals surface area (Å²) >= 11 is 0. The lowest BCUT2D eigenvalue weighted by atomic mass is 10.1. The van der Waals surface area contributed by atoms with E-state index in [1.165, 1.54) is 0 Å². The lowest BCUT2D eigenvalue weighted by molar-refractivity contribution is -0.116. The van der Waals surface area contributed by atoms with Crippen LogP contribution in [0.25, 0.3) is 0 Å². The molecule has 1 N–H and O–H groups in total.